The second-order valence-electron chi connectivity index (χ2n) is 4.69. The van der Waals surface area contributed by atoms with Crippen molar-refractivity contribution in [3.63, 3.8) is 0 Å². The van der Waals surface area contributed by atoms with Crippen molar-refractivity contribution in [3.8, 4) is 11.5 Å². The first-order valence-electron chi connectivity index (χ1n) is 6.43. The van der Waals surface area contributed by atoms with Crippen molar-refractivity contribution in [2.75, 3.05) is 6.79 Å². The molecule has 1 aromatic carbocycles. The van der Waals surface area contributed by atoms with Gasteiger partial charge in [0.25, 0.3) is 0 Å². The van der Waals surface area contributed by atoms with E-state index >= 15 is 0 Å². The number of aryl methyl sites for hydroxylation is 1. The van der Waals surface area contributed by atoms with Gasteiger partial charge in [0.1, 0.15) is 0 Å². The van der Waals surface area contributed by atoms with Gasteiger partial charge < -0.3 is 14.8 Å². The van der Waals surface area contributed by atoms with Crippen LogP contribution in [0.2, 0.25) is 5.02 Å². The lowest BCUT2D eigenvalue weighted by molar-refractivity contribution is 0.174. The number of pyridine rings is 1. The molecular weight excluding hydrogens is 276 g/mol. The number of benzene rings is 1. The summed E-state index contributed by atoms with van der Waals surface area (Å²) in [6.45, 7) is 3.64. The third-order valence-electron chi connectivity index (χ3n) is 3.07. The highest BCUT2D eigenvalue weighted by Crippen LogP contribution is 2.39. The molecule has 5 heteroatoms. The fraction of sp³-hybridized carbons (Fsp3) is 0.267. The van der Waals surface area contributed by atoms with E-state index in [2.05, 4.69) is 10.3 Å². The van der Waals surface area contributed by atoms with Crippen LogP contribution in [0.5, 0.6) is 11.5 Å². The zero-order valence-electron chi connectivity index (χ0n) is 11.1. The summed E-state index contributed by atoms with van der Waals surface area (Å²) in [6, 6.07) is 9.85. The Balaban J connectivity index is 1.63. The van der Waals surface area contributed by atoms with Gasteiger partial charge in [-0.2, -0.15) is 0 Å². The molecule has 0 unspecified atom stereocenters. The quantitative estimate of drug-likeness (QED) is 0.940. The number of nitrogens with zero attached hydrogens (tertiary/aromatic N) is 1. The van der Waals surface area contributed by atoms with Gasteiger partial charge in [-0.1, -0.05) is 17.7 Å². The van der Waals surface area contributed by atoms with Crippen LogP contribution in [0.3, 0.4) is 0 Å². The van der Waals surface area contributed by atoms with Crippen LogP contribution in [-0.4, -0.2) is 11.8 Å². The van der Waals surface area contributed by atoms with Gasteiger partial charge in [-0.25, -0.2) is 0 Å². The summed E-state index contributed by atoms with van der Waals surface area (Å²) in [5.41, 5.74) is 3.11. The molecule has 20 heavy (non-hydrogen) atoms. The molecule has 0 saturated carbocycles. The molecule has 2 aromatic rings. The van der Waals surface area contributed by atoms with Crippen molar-refractivity contribution in [1.29, 1.82) is 0 Å². The lowest BCUT2D eigenvalue weighted by Gasteiger charge is -2.07. The van der Waals surface area contributed by atoms with E-state index in [1.807, 2.05) is 37.3 Å². The van der Waals surface area contributed by atoms with Gasteiger partial charge in [0.15, 0.2) is 11.5 Å². The number of nitrogens with one attached hydrogen (secondary N) is 1. The van der Waals surface area contributed by atoms with E-state index in [1.165, 1.54) is 0 Å². The van der Waals surface area contributed by atoms with E-state index in [-0.39, 0.29) is 6.79 Å². The summed E-state index contributed by atoms with van der Waals surface area (Å²) < 4.78 is 10.6. The van der Waals surface area contributed by atoms with E-state index < -0.39 is 0 Å². The molecule has 1 aliphatic heterocycles. The minimum absolute atomic E-state index is 0.235. The summed E-state index contributed by atoms with van der Waals surface area (Å²) in [7, 11) is 0. The third-order valence-corrected chi connectivity index (χ3v) is 3.35. The number of ether oxygens (including phenoxy) is 2. The number of fused-ring (bicyclic) bond motifs is 1. The molecule has 0 spiro atoms. The van der Waals surface area contributed by atoms with Crippen LogP contribution < -0.4 is 14.8 Å². The largest absolute Gasteiger partial charge is 0.454 e. The standard InChI is InChI=1S/C15H15ClN2O2/c1-10-3-2-4-12(18-10)8-17-7-11-5-13(16)15-14(6-11)19-9-20-15/h2-6,17H,7-9H2,1H3. The van der Waals surface area contributed by atoms with Crippen LogP contribution in [0.25, 0.3) is 0 Å². The van der Waals surface area contributed by atoms with Gasteiger partial charge in [0, 0.05) is 18.8 Å². The first-order valence-corrected chi connectivity index (χ1v) is 6.81. The maximum absolute atomic E-state index is 6.15. The summed E-state index contributed by atoms with van der Waals surface area (Å²) >= 11 is 6.15. The molecule has 104 valence electrons. The topological polar surface area (TPSA) is 43.4 Å². The molecule has 1 aromatic heterocycles. The fourth-order valence-corrected chi connectivity index (χ4v) is 2.44. The maximum Gasteiger partial charge on any atom is 0.231 e. The van der Waals surface area contributed by atoms with Crippen molar-refractivity contribution in [1.82, 2.24) is 10.3 Å². The Morgan fingerprint density at radius 2 is 2.15 bits per heavy atom. The monoisotopic (exact) mass is 290 g/mol. The molecule has 4 nitrogen and oxygen atoms in total. The van der Waals surface area contributed by atoms with Crippen LogP contribution >= 0.6 is 11.6 Å². The maximum atomic E-state index is 6.15. The summed E-state index contributed by atoms with van der Waals surface area (Å²) in [5.74, 6) is 1.35. The number of hydrogen-bond acceptors (Lipinski definition) is 4. The number of hydrogen-bond donors (Lipinski definition) is 1. The molecule has 0 radical (unpaired) electrons. The van der Waals surface area contributed by atoms with Crippen molar-refractivity contribution in [2.24, 2.45) is 0 Å². The fourth-order valence-electron chi connectivity index (χ4n) is 2.16. The Hall–Kier alpha value is -1.78. The van der Waals surface area contributed by atoms with Gasteiger partial charge in [-0.3, -0.25) is 4.98 Å². The molecule has 1 aliphatic rings. The predicted octanol–water partition coefficient (Wildman–Crippen LogP) is 3.06. The molecule has 0 amide bonds. The Labute approximate surface area is 122 Å². The first-order chi connectivity index (χ1) is 9.72. The third kappa shape index (κ3) is 2.86. The number of rotatable bonds is 4. The molecule has 2 heterocycles. The Kier molecular flexibility index (Phi) is 3.76. The van der Waals surface area contributed by atoms with Gasteiger partial charge >= 0.3 is 0 Å². The van der Waals surface area contributed by atoms with Crippen LogP contribution in [0.4, 0.5) is 0 Å². The highest BCUT2D eigenvalue weighted by atomic mass is 35.5. The van der Waals surface area contributed by atoms with Crippen molar-refractivity contribution < 1.29 is 9.47 Å². The minimum atomic E-state index is 0.235. The first kappa shape index (κ1) is 13.2. The molecule has 0 saturated heterocycles. The average molecular weight is 291 g/mol. The smallest absolute Gasteiger partial charge is 0.231 e. The SMILES string of the molecule is Cc1cccc(CNCc2cc(Cl)c3c(c2)OCO3)n1. The average Bonchev–Trinajstić information content (AvgIpc) is 2.88. The van der Waals surface area contributed by atoms with Crippen LogP contribution in [0.15, 0.2) is 30.3 Å². The van der Waals surface area contributed by atoms with Crippen LogP contribution in [-0.2, 0) is 13.1 Å². The number of aromatic nitrogens is 1. The Morgan fingerprint density at radius 1 is 1.25 bits per heavy atom. The summed E-state index contributed by atoms with van der Waals surface area (Å²) in [6.07, 6.45) is 0. The summed E-state index contributed by atoms with van der Waals surface area (Å²) in [4.78, 5) is 4.45. The second-order valence-corrected chi connectivity index (χ2v) is 5.09. The summed E-state index contributed by atoms with van der Waals surface area (Å²) in [5, 5.41) is 3.93. The van der Waals surface area contributed by atoms with Gasteiger partial charge in [0.05, 0.1) is 10.7 Å². The van der Waals surface area contributed by atoms with E-state index in [0.29, 0.717) is 29.6 Å². The Bertz CT molecular complexity index is 631. The number of halogens is 1. The van der Waals surface area contributed by atoms with Crippen molar-refractivity contribution in [3.05, 3.63) is 52.3 Å². The van der Waals surface area contributed by atoms with Crippen molar-refractivity contribution >= 4 is 11.6 Å². The highest BCUT2D eigenvalue weighted by molar-refractivity contribution is 6.32. The minimum Gasteiger partial charge on any atom is -0.454 e. The molecule has 1 N–H and O–H groups in total. The second kappa shape index (κ2) is 5.69. The molecule has 0 aliphatic carbocycles. The molecule has 0 bridgehead atoms. The molecule has 0 fully saturated rings. The lowest BCUT2D eigenvalue weighted by Crippen LogP contribution is -2.13. The van der Waals surface area contributed by atoms with E-state index in [0.717, 1.165) is 17.0 Å². The van der Waals surface area contributed by atoms with Crippen LogP contribution in [0, 0.1) is 6.92 Å². The van der Waals surface area contributed by atoms with E-state index in [1.54, 1.807) is 0 Å². The van der Waals surface area contributed by atoms with E-state index in [9.17, 15) is 0 Å². The zero-order valence-corrected chi connectivity index (χ0v) is 11.9. The molecule has 3 rings (SSSR count). The zero-order chi connectivity index (χ0) is 13.9. The normalized spacial score (nSPS) is 12.7. The highest BCUT2D eigenvalue weighted by Gasteiger charge is 2.17. The van der Waals surface area contributed by atoms with Gasteiger partial charge in [-0.05, 0) is 36.8 Å². The van der Waals surface area contributed by atoms with Gasteiger partial charge in [0.2, 0.25) is 6.79 Å². The predicted molar refractivity (Wildman–Crippen MR) is 77.1 cm³/mol. The van der Waals surface area contributed by atoms with E-state index in [4.69, 9.17) is 21.1 Å². The van der Waals surface area contributed by atoms with Gasteiger partial charge in [-0.15, -0.1) is 0 Å². The Morgan fingerprint density at radius 3 is 3.00 bits per heavy atom. The molecule has 0 atom stereocenters. The lowest BCUT2D eigenvalue weighted by atomic mass is 10.2. The van der Waals surface area contributed by atoms with Crippen LogP contribution in [0.1, 0.15) is 17.0 Å². The van der Waals surface area contributed by atoms with Crippen molar-refractivity contribution in [2.45, 2.75) is 20.0 Å². The molecular formula is C15H15ClN2O2.